The van der Waals surface area contributed by atoms with E-state index < -0.39 is 8.07 Å². The lowest BCUT2D eigenvalue weighted by Crippen LogP contribution is -2.63. The van der Waals surface area contributed by atoms with Crippen LogP contribution in [-0.4, -0.2) is 8.07 Å². The number of allylic oxidation sites excluding steroid dienone is 4. The van der Waals surface area contributed by atoms with E-state index in [1.807, 2.05) is 0 Å². The molecule has 0 saturated heterocycles. The lowest BCUT2D eigenvalue weighted by atomic mass is 10.0. The van der Waals surface area contributed by atoms with Crippen molar-refractivity contribution in [1.29, 1.82) is 0 Å². The van der Waals surface area contributed by atoms with Crippen LogP contribution in [0, 0.1) is 20.8 Å². The molecular weight excluding hydrogens is 328 g/mol. The molecule has 1 heteroatoms. The van der Waals surface area contributed by atoms with Gasteiger partial charge in [-0.25, -0.2) is 0 Å². The fraction of sp³-hybridized carbons (Fsp3) is 0.360. The molecule has 2 aromatic rings. The molecule has 0 spiro atoms. The third-order valence-corrected chi connectivity index (χ3v) is 12.4. The Morgan fingerprint density at radius 3 is 1.69 bits per heavy atom. The van der Waals surface area contributed by atoms with Crippen LogP contribution in [0.3, 0.4) is 0 Å². The average Bonchev–Trinajstić information content (AvgIpc) is 2.78. The summed E-state index contributed by atoms with van der Waals surface area (Å²) in [6.45, 7) is 18.6. The summed E-state index contributed by atoms with van der Waals surface area (Å²) < 4.78 is 0. The van der Waals surface area contributed by atoms with Gasteiger partial charge in [0.15, 0.2) is 0 Å². The van der Waals surface area contributed by atoms with Crippen LogP contribution >= 0.6 is 0 Å². The van der Waals surface area contributed by atoms with Gasteiger partial charge in [-0.2, -0.15) is 0 Å². The van der Waals surface area contributed by atoms with Gasteiger partial charge in [-0.3, -0.25) is 0 Å². The molecule has 26 heavy (non-hydrogen) atoms. The molecule has 2 atom stereocenters. The SMILES string of the molecule is CC1=CC(C)([Si](C)(c2ccc(C)cc2)c2cc(C)cc(C)c2)C(C)=C1C. The summed E-state index contributed by atoms with van der Waals surface area (Å²) in [6, 6.07) is 16.5. The molecule has 0 bridgehead atoms. The number of rotatable bonds is 3. The zero-order valence-corrected chi connectivity index (χ0v) is 18.6. The Balaban J connectivity index is 2.36. The third-order valence-electron chi connectivity index (χ3n) is 6.90. The van der Waals surface area contributed by atoms with Gasteiger partial charge in [-0.05, 0) is 47.1 Å². The molecule has 0 fully saturated rings. The predicted octanol–water partition coefficient (Wildman–Crippen LogP) is 5.86. The van der Waals surface area contributed by atoms with Gasteiger partial charge in [0.25, 0.3) is 0 Å². The van der Waals surface area contributed by atoms with Crippen LogP contribution in [0.15, 0.2) is 65.3 Å². The van der Waals surface area contributed by atoms with Crippen molar-refractivity contribution in [1.82, 2.24) is 0 Å². The van der Waals surface area contributed by atoms with E-state index in [0.717, 1.165) is 0 Å². The first-order valence-corrected chi connectivity index (χ1v) is 12.1. The highest BCUT2D eigenvalue weighted by Crippen LogP contribution is 2.52. The molecule has 1 aliphatic carbocycles. The Hall–Kier alpha value is -1.86. The Kier molecular flexibility index (Phi) is 4.65. The lowest BCUT2D eigenvalue weighted by Gasteiger charge is -2.44. The van der Waals surface area contributed by atoms with E-state index in [1.54, 1.807) is 10.8 Å². The Labute approximate surface area is 160 Å². The fourth-order valence-corrected chi connectivity index (χ4v) is 9.61. The van der Waals surface area contributed by atoms with Crippen LogP contribution in [0.25, 0.3) is 0 Å². The minimum absolute atomic E-state index is 0.0939. The van der Waals surface area contributed by atoms with E-state index in [9.17, 15) is 0 Å². The number of hydrogen-bond donors (Lipinski definition) is 0. The van der Waals surface area contributed by atoms with Gasteiger partial charge >= 0.3 is 0 Å². The van der Waals surface area contributed by atoms with Crippen LogP contribution in [0.2, 0.25) is 11.6 Å². The van der Waals surface area contributed by atoms with Crippen molar-refractivity contribution < 1.29 is 0 Å². The third kappa shape index (κ3) is 2.73. The second kappa shape index (κ2) is 6.39. The Morgan fingerprint density at radius 2 is 1.23 bits per heavy atom. The maximum absolute atomic E-state index is 2.57. The van der Waals surface area contributed by atoms with Crippen molar-refractivity contribution in [3.63, 3.8) is 0 Å². The predicted molar refractivity (Wildman–Crippen MR) is 118 cm³/mol. The summed E-state index contributed by atoms with van der Waals surface area (Å²) in [5.74, 6) is 0. The average molecular weight is 361 g/mol. The van der Waals surface area contributed by atoms with Gasteiger partial charge in [0.1, 0.15) is 8.07 Å². The number of aryl methyl sites for hydroxylation is 3. The van der Waals surface area contributed by atoms with E-state index in [-0.39, 0.29) is 5.04 Å². The number of benzene rings is 2. The van der Waals surface area contributed by atoms with E-state index in [1.165, 1.54) is 33.0 Å². The lowest BCUT2D eigenvalue weighted by molar-refractivity contribution is 0.864. The highest BCUT2D eigenvalue weighted by molar-refractivity contribution is 7.04. The van der Waals surface area contributed by atoms with Crippen LogP contribution in [0.4, 0.5) is 0 Å². The van der Waals surface area contributed by atoms with Gasteiger partial charge in [0, 0.05) is 5.04 Å². The molecule has 136 valence electrons. The standard InChI is InChI=1S/C25H32Si/c1-17-9-11-23(12-10-17)26(8,24-14-18(2)13-19(3)15-24)25(7)16-20(4)21(5)22(25)6/h9-16H,1-8H3. The van der Waals surface area contributed by atoms with Crippen LogP contribution < -0.4 is 10.4 Å². The van der Waals surface area contributed by atoms with E-state index in [0.29, 0.717) is 0 Å². The second-order valence-corrected chi connectivity index (χ2v) is 13.1. The summed E-state index contributed by atoms with van der Waals surface area (Å²) in [5.41, 5.74) is 8.53. The molecule has 0 aromatic heterocycles. The quantitative estimate of drug-likeness (QED) is 0.601. The van der Waals surface area contributed by atoms with Gasteiger partial charge in [0.05, 0.1) is 0 Å². The minimum Gasteiger partial charge on any atom is -0.0733 e. The molecule has 0 amide bonds. The monoisotopic (exact) mass is 360 g/mol. The molecule has 0 saturated carbocycles. The summed E-state index contributed by atoms with van der Waals surface area (Å²) in [7, 11) is -2.06. The van der Waals surface area contributed by atoms with Crippen LogP contribution in [0.5, 0.6) is 0 Å². The molecule has 0 aliphatic heterocycles. The van der Waals surface area contributed by atoms with Crippen molar-refractivity contribution in [2.45, 2.75) is 60.1 Å². The van der Waals surface area contributed by atoms with Crippen molar-refractivity contribution in [2.24, 2.45) is 0 Å². The smallest absolute Gasteiger partial charge is 0.0733 e. The summed E-state index contributed by atoms with van der Waals surface area (Å²) >= 11 is 0. The summed E-state index contributed by atoms with van der Waals surface area (Å²) in [4.78, 5) is 0. The molecule has 2 aromatic carbocycles. The first-order chi connectivity index (χ1) is 12.1. The number of hydrogen-bond acceptors (Lipinski definition) is 0. The Morgan fingerprint density at radius 1 is 0.692 bits per heavy atom. The highest BCUT2D eigenvalue weighted by Gasteiger charge is 2.51. The topological polar surface area (TPSA) is 0 Å². The van der Waals surface area contributed by atoms with Gasteiger partial charge in [0.2, 0.25) is 0 Å². The summed E-state index contributed by atoms with van der Waals surface area (Å²) in [5, 5.41) is 3.16. The van der Waals surface area contributed by atoms with Crippen molar-refractivity contribution in [2.75, 3.05) is 0 Å². The van der Waals surface area contributed by atoms with Gasteiger partial charge < -0.3 is 0 Å². The van der Waals surface area contributed by atoms with Crippen LogP contribution in [0.1, 0.15) is 44.4 Å². The van der Waals surface area contributed by atoms with Crippen molar-refractivity contribution in [3.8, 4) is 0 Å². The van der Waals surface area contributed by atoms with Crippen molar-refractivity contribution in [3.05, 3.63) is 82.0 Å². The first kappa shape index (κ1) is 18.9. The molecule has 2 unspecified atom stereocenters. The van der Waals surface area contributed by atoms with Gasteiger partial charge in [-0.1, -0.05) is 100 Å². The second-order valence-electron chi connectivity index (χ2n) is 8.65. The normalized spacial score (nSPS) is 22.4. The molecular formula is C25H32Si. The molecule has 3 rings (SSSR count). The molecule has 0 N–H and O–H groups in total. The highest BCUT2D eigenvalue weighted by atomic mass is 28.3. The largest absolute Gasteiger partial charge is 0.128 e. The minimum atomic E-state index is -2.06. The molecule has 0 nitrogen and oxygen atoms in total. The molecule has 0 heterocycles. The van der Waals surface area contributed by atoms with E-state index in [4.69, 9.17) is 0 Å². The Bertz CT molecular complexity index is 893. The molecule has 0 radical (unpaired) electrons. The fourth-order valence-electron chi connectivity index (χ4n) is 4.77. The first-order valence-electron chi connectivity index (χ1n) is 9.63. The maximum Gasteiger partial charge on any atom is 0.128 e. The zero-order chi connectivity index (χ0) is 19.3. The maximum atomic E-state index is 2.57. The van der Waals surface area contributed by atoms with E-state index >= 15 is 0 Å². The molecule has 1 aliphatic rings. The van der Waals surface area contributed by atoms with E-state index in [2.05, 4.69) is 104 Å². The summed E-state index contributed by atoms with van der Waals surface area (Å²) in [6.07, 6.45) is 2.56. The van der Waals surface area contributed by atoms with Crippen molar-refractivity contribution >= 4 is 18.4 Å². The zero-order valence-electron chi connectivity index (χ0n) is 17.6. The van der Waals surface area contributed by atoms with Crippen LogP contribution in [-0.2, 0) is 0 Å². The van der Waals surface area contributed by atoms with Gasteiger partial charge in [-0.15, -0.1) is 0 Å².